The molecule has 0 aliphatic carbocycles. The molecule has 1 aromatic carbocycles. The van der Waals surface area contributed by atoms with Gasteiger partial charge in [0, 0.05) is 12.0 Å². The van der Waals surface area contributed by atoms with Gasteiger partial charge in [-0.2, -0.15) is 0 Å². The van der Waals surface area contributed by atoms with Gasteiger partial charge in [0.2, 0.25) is 0 Å². The standard InChI is InChI=1S/C15H19NO5/c1-8-6-9(2)13(10(3)7-8)14(19)16-11(15(20)21)4-5-12(17)18/h6-7,11H,4-5H2,1-3H3,(H,16,19)(H,17,18)(H,20,21)/t11-/m0/s1. The molecule has 0 saturated carbocycles. The van der Waals surface area contributed by atoms with E-state index in [2.05, 4.69) is 5.32 Å². The van der Waals surface area contributed by atoms with Gasteiger partial charge in [0.25, 0.3) is 5.91 Å². The van der Waals surface area contributed by atoms with Crippen LogP contribution in [0.1, 0.15) is 39.9 Å². The van der Waals surface area contributed by atoms with E-state index in [1.54, 1.807) is 13.8 Å². The third-order valence-electron chi connectivity index (χ3n) is 3.15. The highest BCUT2D eigenvalue weighted by Crippen LogP contribution is 2.16. The van der Waals surface area contributed by atoms with Crippen molar-refractivity contribution in [3.05, 3.63) is 34.4 Å². The van der Waals surface area contributed by atoms with Gasteiger partial charge in [-0.05, 0) is 38.3 Å². The van der Waals surface area contributed by atoms with Gasteiger partial charge >= 0.3 is 11.9 Å². The molecule has 0 fully saturated rings. The summed E-state index contributed by atoms with van der Waals surface area (Å²) in [5.41, 5.74) is 2.96. The van der Waals surface area contributed by atoms with Gasteiger partial charge in [-0.25, -0.2) is 4.79 Å². The van der Waals surface area contributed by atoms with Gasteiger partial charge in [-0.15, -0.1) is 0 Å². The molecule has 0 aliphatic heterocycles. The summed E-state index contributed by atoms with van der Waals surface area (Å²) in [7, 11) is 0. The first kappa shape index (κ1) is 16.7. The molecule has 114 valence electrons. The van der Waals surface area contributed by atoms with Crippen LogP contribution >= 0.6 is 0 Å². The Hall–Kier alpha value is -2.37. The summed E-state index contributed by atoms with van der Waals surface area (Å²) in [5, 5.41) is 20.1. The Morgan fingerprint density at radius 2 is 1.62 bits per heavy atom. The van der Waals surface area contributed by atoms with E-state index in [9.17, 15) is 14.4 Å². The predicted molar refractivity (Wildman–Crippen MR) is 76.4 cm³/mol. The number of amides is 1. The Balaban J connectivity index is 2.92. The van der Waals surface area contributed by atoms with Crippen LogP contribution in [-0.4, -0.2) is 34.1 Å². The SMILES string of the molecule is Cc1cc(C)c(C(=O)N[C@@H](CCC(=O)O)C(=O)O)c(C)c1. The molecule has 1 amide bonds. The molecule has 0 radical (unpaired) electrons. The van der Waals surface area contributed by atoms with Crippen molar-refractivity contribution in [2.45, 2.75) is 39.7 Å². The van der Waals surface area contributed by atoms with E-state index in [1.165, 1.54) is 0 Å². The summed E-state index contributed by atoms with van der Waals surface area (Å²) in [6.45, 7) is 5.47. The topological polar surface area (TPSA) is 104 Å². The smallest absolute Gasteiger partial charge is 0.326 e. The maximum atomic E-state index is 12.2. The molecular weight excluding hydrogens is 274 g/mol. The second-order valence-electron chi connectivity index (χ2n) is 5.07. The third kappa shape index (κ3) is 4.59. The molecule has 0 aromatic heterocycles. The molecule has 0 bridgehead atoms. The molecule has 6 nitrogen and oxygen atoms in total. The van der Waals surface area contributed by atoms with E-state index in [4.69, 9.17) is 10.2 Å². The van der Waals surface area contributed by atoms with Gasteiger partial charge < -0.3 is 15.5 Å². The number of carbonyl (C=O) groups is 3. The van der Waals surface area contributed by atoms with Crippen molar-refractivity contribution in [1.82, 2.24) is 5.32 Å². The lowest BCUT2D eigenvalue weighted by molar-refractivity contribution is -0.140. The van der Waals surface area contributed by atoms with E-state index in [0.717, 1.165) is 16.7 Å². The first-order valence-corrected chi connectivity index (χ1v) is 6.55. The first-order valence-electron chi connectivity index (χ1n) is 6.55. The number of hydrogen-bond donors (Lipinski definition) is 3. The van der Waals surface area contributed by atoms with Crippen LogP contribution in [0.25, 0.3) is 0 Å². The molecule has 0 unspecified atom stereocenters. The number of aryl methyl sites for hydroxylation is 3. The zero-order valence-corrected chi connectivity index (χ0v) is 12.3. The molecule has 1 rings (SSSR count). The maximum Gasteiger partial charge on any atom is 0.326 e. The summed E-state index contributed by atoms with van der Waals surface area (Å²) < 4.78 is 0. The van der Waals surface area contributed by atoms with Crippen molar-refractivity contribution in [3.8, 4) is 0 Å². The molecule has 0 heterocycles. The summed E-state index contributed by atoms with van der Waals surface area (Å²) in [5.74, 6) is -2.84. The molecule has 0 spiro atoms. The van der Waals surface area contributed by atoms with Gasteiger partial charge in [0.05, 0.1) is 0 Å². The lowest BCUT2D eigenvalue weighted by atomic mass is 9.98. The Labute approximate surface area is 122 Å². The normalized spacial score (nSPS) is 11.8. The molecule has 1 atom stereocenters. The molecule has 0 saturated heterocycles. The minimum absolute atomic E-state index is 0.152. The van der Waals surface area contributed by atoms with Crippen molar-refractivity contribution >= 4 is 17.8 Å². The summed E-state index contributed by atoms with van der Waals surface area (Å²) in [6, 6.07) is 2.47. The van der Waals surface area contributed by atoms with Crippen LogP contribution in [0.15, 0.2) is 12.1 Å². The van der Waals surface area contributed by atoms with Crippen LogP contribution in [0.2, 0.25) is 0 Å². The van der Waals surface area contributed by atoms with Gasteiger partial charge in [-0.3, -0.25) is 9.59 Å². The highest BCUT2D eigenvalue weighted by atomic mass is 16.4. The number of carboxylic acid groups (broad SMARTS) is 2. The highest BCUT2D eigenvalue weighted by Gasteiger charge is 2.23. The quantitative estimate of drug-likeness (QED) is 0.740. The number of hydrogen-bond acceptors (Lipinski definition) is 3. The van der Waals surface area contributed by atoms with Crippen LogP contribution in [-0.2, 0) is 9.59 Å². The van der Waals surface area contributed by atoms with Gasteiger partial charge in [-0.1, -0.05) is 17.7 Å². The zero-order chi connectivity index (χ0) is 16.2. The fourth-order valence-electron chi connectivity index (χ4n) is 2.29. The largest absolute Gasteiger partial charge is 0.481 e. The Morgan fingerprint density at radius 1 is 1.10 bits per heavy atom. The van der Waals surface area contributed by atoms with Crippen molar-refractivity contribution in [2.24, 2.45) is 0 Å². The molecular formula is C15H19NO5. The van der Waals surface area contributed by atoms with Crippen LogP contribution in [0.3, 0.4) is 0 Å². The van der Waals surface area contributed by atoms with Crippen LogP contribution < -0.4 is 5.32 Å². The van der Waals surface area contributed by atoms with Crippen molar-refractivity contribution < 1.29 is 24.6 Å². The molecule has 21 heavy (non-hydrogen) atoms. The second kappa shape index (κ2) is 6.88. The van der Waals surface area contributed by atoms with Crippen LogP contribution in [0, 0.1) is 20.8 Å². The van der Waals surface area contributed by atoms with Gasteiger partial charge in [0.1, 0.15) is 6.04 Å². The number of carbonyl (C=O) groups excluding carboxylic acids is 1. The molecule has 0 aliphatic rings. The van der Waals surface area contributed by atoms with E-state index < -0.39 is 23.9 Å². The Bertz CT molecular complexity index is 556. The molecule has 3 N–H and O–H groups in total. The monoisotopic (exact) mass is 293 g/mol. The zero-order valence-electron chi connectivity index (χ0n) is 12.3. The minimum atomic E-state index is -1.24. The fourth-order valence-corrected chi connectivity index (χ4v) is 2.29. The fraction of sp³-hybridized carbons (Fsp3) is 0.400. The number of aliphatic carboxylic acids is 2. The van der Waals surface area contributed by atoms with Gasteiger partial charge in [0.15, 0.2) is 0 Å². The number of rotatable bonds is 6. The lowest BCUT2D eigenvalue weighted by Crippen LogP contribution is -2.41. The average Bonchev–Trinajstić information content (AvgIpc) is 2.32. The average molecular weight is 293 g/mol. The summed E-state index contributed by atoms with van der Waals surface area (Å²) in [6.07, 6.45) is -0.469. The summed E-state index contributed by atoms with van der Waals surface area (Å²) in [4.78, 5) is 33.9. The lowest BCUT2D eigenvalue weighted by Gasteiger charge is -2.16. The molecule has 6 heteroatoms. The summed E-state index contributed by atoms with van der Waals surface area (Å²) >= 11 is 0. The van der Waals surface area contributed by atoms with Crippen LogP contribution in [0.4, 0.5) is 0 Å². The second-order valence-corrected chi connectivity index (χ2v) is 5.07. The number of benzene rings is 1. The number of carboxylic acids is 2. The highest BCUT2D eigenvalue weighted by molar-refractivity contribution is 5.99. The Morgan fingerprint density at radius 3 is 2.05 bits per heavy atom. The van der Waals surface area contributed by atoms with Crippen LogP contribution in [0.5, 0.6) is 0 Å². The number of nitrogens with one attached hydrogen (secondary N) is 1. The van der Waals surface area contributed by atoms with E-state index in [0.29, 0.717) is 5.56 Å². The van der Waals surface area contributed by atoms with Crippen molar-refractivity contribution in [3.63, 3.8) is 0 Å². The molecule has 1 aromatic rings. The van der Waals surface area contributed by atoms with E-state index >= 15 is 0 Å². The van der Waals surface area contributed by atoms with Crippen molar-refractivity contribution in [1.29, 1.82) is 0 Å². The minimum Gasteiger partial charge on any atom is -0.481 e. The predicted octanol–water partition coefficient (Wildman–Crippen LogP) is 1.66. The Kier molecular flexibility index (Phi) is 5.46. The van der Waals surface area contributed by atoms with Crippen molar-refractivity contribution in [2.75, 3.05) is 0 Å². The van der Waals surface area contributed by atoms with E-state index in [1.807, 2.05) is 19.1 Å². The first-order chi connectivity index (χ1) is 9.72. The van der Waals surface area contributed by atoms with E-state index in [-0.39, 0.29) is 12.8 Å². The maximum absolute atomic E-state index is 12.2. The third-order valence-corrected chi connectivity index (χ3v) is 3.15.